The maximum Gasteiger partial charge on any atom is 0.291 e. The van der Waals surface area contributed by atoms with Crippen molar-refractivity contribution in [3.8, 4) is 16.9 Å². The van der Waals surface area contributed by atoms with Gasteiger partial charge in [0.05, 0.1) is 11.4 Å². The molecular formula is C26H25N3O3. The SMILES string of the molecule is Nc1ccc(-c2ccccc2)cc1NC(=O)c1cc2ccc(OC3CCNCC3)cc2o1. The zero-order valence-electron chi connectivity index (χ0n) is 17.6. The second-order valence-electron chi connectivity index (χ2n) is 8.00. The Morgan fingerprint density at radius 1 is 0.969 bits per heavy atom. The average Bonchev–Trinajstić information content (AvgIpc) is 3.25. The highest BCUT2D eigenvalue weighted by atomic mass is 16.5. The number of ether oxygens (including phenoxy) is 1. The van der Waals surface area contributed by atoms with Crippen molar-refractivity contribution in [3.63, 3.8) is 0 Å². The second kappa shape index (κ2) is 8.77. The van der Waals surface area contributed by atoms with Gasteiger partial charge in [-0.15, -0.1) is 0 Å². The summed E-state index contributed by atoms with van der Waals surface area (Å²) >= 11 is 0. The highest BCUT2D eigenvalue weighted by Crippen LogP contribution is 2.29. The number of furan rings is 1. The van der Waals surface area contributed by atoms with E-state index >= 15 is 0 Å². The minimum atomic E-state index is -0.348. The molecule has 0 spiro atoms. The highest BCUT2D eigenvalue weighted by Gasteiger charge is 2.17. The van der Waals surface area contributed by atoms with Crippen LogP contribution in [0.25, 0.3) is 22.1 Å². The van der Waals surface area contributed by atoms with E-state index in [1.807, 2.05) is 60.7 Å². The van der Waals surface area contributed by atoms with Gasteiger partial charge in [-0.3, -0.25) is 4.79 Å². The van der Waals surface area contributed by atoms with E-state index in [2.05, 4.69) is 10.6 Å². The third-order valence-corrected chi connectivity index (χ3v) is 5.71. The molecule has 0 atom stereocenters. The number of hydrogen-bond acceptors (Lipinski definition) is 5. The lowest BCUT2D eigenvalue weighted by atomic mass is 10.0. The van der Waals surface area contributed by atoms with Gasteiger partial charge in [0.25, 0.3) is 5.91 Å². The Bertz CT molecular complexity index is 1240. The van der Waals surface area contributed by atoms with E-state index in [0.29, 0.717) is 17.0 Å². The molecule has 4 aromatic rings. The molecule has 6 heteroatoms. The van der Waals surface area contributed by atoms with E-state index in [9.17, 15) is 4.79 Å². The number of carbonyl (C=O) groups excluding carboxylic acids is 1. The quantitative estimate of drug-likeness (QED) is 0.387. The number of fused-ring (bicyclic) bond motifs is 1. The molecule has 1 aromatic heterocycles. The minimum absolute atomic E-state index is 0.200. The first-order valence-corrected chi connectivity index (χ1v) is 10.8. The van der Waals surface area contributed by atoms with Gasteiger partial charge in [-0.1, -0.05) is 36.4 Å². The normalized spacial score (nSPS) is 14.4. The van der Waals surface area contributed by atoms with Gasteiger partial charge >= 0.3 is 0 Å². The van der Waals surface area contributed by atoms with E-state index in [-0.39, 0.29) is 17.8 Å². The van der Waals surface area contributed by atoms with Crippen molar-refractivity contribution in [1.82, 2.24) is 5.32 Å². The molecule has 0 aliphatic carbocycles. The van der Waals surface area contributed by atoms with E-state index in [0.717, 1.165) is 48.2 Å². The van der Waals surface area contributed by atoms with Gasteiger partial charge in [0.2, 0.25) is 0 Å². The molecule has 3 aromatic carbocycles. The number of nitrogens with two attached hydrogens (primary N) is 1. The summed E-state index contributed by atoms with van der Waals surface area (Å²) < 4.78 is 11.9. The lowest BCUT2D eigenvalue weighted by molar-refractivity contribution is 0.0998. The summed E-state index contributed by atoms with van der Waals surface area (Å²) in [5.41, 5.74) is 9.79. The largest absolute Gasteiger partial charge is 0.490 e. The number of piperidine rings is 1. The van der Waals surface area contributed by atoms with Gasteiger partial charge in [0.15, 0.2) is 5.76 Å². The summed E-state index contributed by atoms with van der Waals surface area (Å²) in [6.07, 6.45) is 2.16. The summed E-state index contributed by atoms with van der Waals surface area (Å²) in [6, 6.07) is 23.0. The molecule has 1 aliphatic heterocycles. The Morgan fingerprint density at radius 3 is 2.59 bits per heavy atom. The fourth-order valence-corrected chi connectivity index (χ4v) is 3.96. The Hall–Kier alpha value is -3.77. The molecule has 5 rings (SSSR count). The number of nitrogens with one attached hydrogen (secondary N) is 2. The van der Waals surface area contributed by atoms with E-state index in [4.69, 9.17) is 14.9 Å². The number of benzene rings is 3. The van der Waals surface area contributed by atoms with Crippen LogP contribution < -0.4 is 21.1 Å². The van der Waals surface area contributed by atoms with Gasteiger partial charge in [-0.2, -0.15) is 0 Å². The molecular weight excluding hydrogens is 402 g/mol. The Labute approximate surface area is 186 Å². The summed E-state index contributed by atoms with van der Waals surface area (Å²) in [7, 11) is 0. The zero-order chi connectivity index (χ0) is 21.9. The van der Waals surface area contributed by atoms with E-state index in [1.54, 1.807) is 12.1 Å². The van der Waals surface area contributed by atoms with Crippen LogP contribution in [0, 0.1) is 0 Å². The van der Waals surface area contributed by atoms with Crippen molar-refractivity contribution < 1.29 is 13.9 Å². The fourth-order valence-electron chi connectivity index (χ4n) is 3.96. The monoisotopic (exact) mass is 427 g/mol. The van der Waals surface area contributed by atoms with Crippen LogP contribution >= 0.6 is 0 Å². The molecule has 4 N–H and O–H groups in total. The Morgan fingerprint density at radius 2 is 1.78 bits per heavy atom. The molecule has 1 aliphatic rings. The van der Waals surface area contributed by atoms with E-state index < -0.39 is 0 Å². The Balaban J connectivity index is 1.34. The topological polar surface area (TPSA) is 89.5 Å². The van der Waals surface area contributed by atoms with Gasteiger partial charge in [-0.25, -0.2) is 0 Å². The third-order valence-electron chi connectivity index (χ3n) is 5.71. The average molecular weight is 428 g/mol. The van der Waals surface area contributed by atoms with Crippen molar-refractivity contribution in [2.24, 2.45) is 0 Å². The molecule has 2 heterocycles. The lowest BCUT2D eigenvalue weighted by Gasteiger charge is -2.23. The number of hydrogen-bond donors (Lipinski definition) is 3. The maximum atomic E-state index is 12.9. The summed E-state index contributed by atoms with van der Waals surface area (Å²) in [5, 5.41) is 7.06. The number of carbonyl (C=O) groups is 1. The van der Waals surface area contributed by atoms with Crippen LogP contribution in [0.2, 0.25) is 0 Å². The van der Waals surface area contributed by atoms with Crippen molar-refractivity contribution in [2.45, 2.75) is 18.9 Å². The van der Waals surface area contributed by atoms with Crippen LogP contribution in [0.1, 0.15) is 23.4 Å². The number of rotatable bonds is 5. The summed E-state index contributed by atoms with van der Waals surface area (Å²) in [6.45, 7) is 1.93. The molecule has 0 unspecified atom stereocenters. The van der Waals surface area contributed by atoms with Crippen molar-refractivity contribution in [3.05, 3.63) is 78.6 Å². The van der Waals surface area contributed by atoms with Crippen LogP contribution in [0.3, 0.4) is 0 Å². The molecule has 162 valence electrons. The van der Waals surface area contributed by atoms with Crippen LogP contribution in [-0.2, 0) is 0 Å². The summed E-state index contributed by atoms with van der Waals surface area (Å²) in [4.78, 5) is 12.9. The second-order valence-corrected chi connectivity index (χ2v) is 8.00. The predicted octanol–water partition coefficient (Wildman–Crippen LogP) is 5.07. The molecule has 0 bridgehead atoms. The highest BCUT2D eigenvalue weighted by molar-refractivity contribution is 6.06. The molecule has 6 nitrogen and oxygen atoms in total. The smallest absolute Gasteiger partial charge is 0.291 e. The maximum absolute atomic E-state index is 12.9. The fraction of sp³-hybridized carbons (Fsp3) is 0.192. The van der Waals surface area contributed by atoms with Crippen LogP contribution in [0.4, 0.5) is 11.4 Å². The molecule has 0 saturated carbocycles. The van der Waals surface area contributed by atoms with Crippen LogP contribution in [-0.4, -0.2) is 25.1 Å². The van der Waals surface area contributed by atoms with Crippen LogP contribution in [0.5, 0.6) is 5.75 Å². The first kappa shape index (κ1) is 20.2. The van der Waals surface area contributed by atoms with Gasteiger partial charge in [0.1, 0.15) is 17.4 Å². The van der Waals surface area contributed by atoms with Crippen molar-refractivity contribution in [1.29, 1.82) is 0 Å². The van der Waals surface area contributed by atoms with Gasteiger partial charge in [-0.05, 0) is 67.4 Å². The molecule has 32 heavy (non-hydrogen) atoms. The first-order valence-electron chi connectivity index (χ1n) is 10.8. The minimum Gasteiger partial charge on any atom is -0.490 e. The summed E-state index contributed by atoms with van der Waals surface area (Å²) in [5.74, 6) is 0.632. The van der Waals surface area contributed by atoms with E-state index in [1.165, 1.54) is 0 Å². The molecule has 1 amide bonds. The predicted molar refractivity (Wildman–Crippen MR) is 127 cm³/mol. The number of anilines is 2. The van der Waals surface area contributed by atoms with Crippen molar-refractivity contribution >= 4 is 28.3 Å². The lowest BCUT2D eigenvalue weighted by Crippen LogP contribution is -2.34. The van der Waals surface area contributed by atoms with Gasteiger partial charge in [0, 0.05) is 11.5 Å². The third kappa shape index (κ3) is 4.31. The van der Waals surface area contributed by atoms with Crippen molar-refractivity contribution in [2.75, 3.05) is 24.1 Å². The van der Waals surface area contributed by atoms with Crippen LogP contribution in [0.15, 0.2) is 77.2 Å². The molecule has 1 saturated heterocycles. The standard InChI is InChI=1S/C26H25N3O3/c27-22-9-7-18(17-4-2-1-3-5-17)14-23(22)29-26(30)25-15-19-6-8-21(16-24(19)32-25)31-20-10-12-28-13-11-20/h1-9,14-16,20,28H,10-13,27H2,(H,29,30). The first-order chi connectivity index (χ1) is 15.7. The molecule has 0 radical (unpaired) electrons. The zero-order valence-corrected chi connectivity index (χ0v) is 17.6. The number of amides is 1. The van der Waals surface area contributed by atoms with Gasteiger partial charge < -0.3 is 25.5 Å². The Kier molecular flexibility index (Phi) is 5.52. The number of nitrogen functional groups attached to an aromatic ring is 1. The molecule has 1 fully saturated rings.